The average Bonchev–Trinajstić information content (AvgIpc) is 2.79. The second kappa shape index (κ2) is 8.63. The lowest BCUT2D eigenvalue weighted by Crippen LogP contribution is -2.37. The molecule has 1 aromatic heterocycles. The van der Waals surface area contributed by atoms with Crippen LogP contribution in [0.25, 0.3) is 16.6 Å². The lowest BCUT2D eigenvalue weighted by atomic mass is 10.1. The van der Waals surface area contributed by atoms with Gasteiger partial charge in [-0.1, -0.05) is 35.9 Å². The number of hydrogen-bond donors (Lipinski definition) is 1. The molecule has 0 radical (unpaired) electrons. The Morgan fingerprint density at radius 3 is 2.50 bits per heavy atom. The molecule has 3 aromatic carbocycles. The van der Waals surface area contributed by atoms with E-state index in [1.807, 2.05) is 37.3 Å². The fourth-order valence-corrected chi connectivity index (χ4v) is 3.50. The van der Waals surface area contributed by atoms with Crippen LogP contribution >= 0.6 is 0 Å². The van der Waals surface area contributed by atoms with Gasteiger partial charge in [0.2, 0.25) is 0 Å². The van der Waals surface area contributed by atoms with Crippen molar-refractivity contribution in [3.05, 3.63) is 100 Å². The smallest absolute Gasteiger partial charge is 0.318 e. The maximum atomic E-state index is 13.5. The molecule has 0 spiro atoms. The molecule has 1 unspecified atom stereocenters. The second-order valence-corrected chi connectivity index (χ2v) is 7.69. The van der Waals surface area contributed by atoms with Crippen LogP contribution in [0, 0.1) is 12.7 Å². The van der Waals surface area contributed by atoms with E-state index in [2.05, 4.69) is 5.32 Å². The number of aryl methyl sites for hydroxylation is 1. The highest BCUT2D eigenvalue weighted by Crippen LogP contribution is 2.23. The minimum absolute atomic E-state index is 0.208. The number of nitrogens with one attached hydrogen (secondary N) is 1. The van der Waals surface area contributed by atoms with Gasteiger partial charge in [0.15, 0.2) is 0 Å². The lowest BCUT2D eigenvalue weighted by Gasteiger charge is -2.27. The molecule has 4 aromatic rings. The first kappa shape index (κ1) is 21.2. The predicted octanol–water partition coefficient (Wildman–Crippen LogP) is 5.06. The van der Waals surface area contributed by atoms with Crippen LogP contribution in [0.5, 0.6) is 0 Å². The quantitative estimate of drug-likeness (QED) is 0.492. The minimum Gasteiger partial charge on any atom is -0.318 e. The van der Waals surface area contributed by atoms with Gasteiger partial charge in [0.25, 0.3) is 5.56 Å². The summed E-state index contributed by atoms with van der Waals surface area (Å²) in [6.07, 6.45) is 0. The van der Waals surface area contributed by atoms with Crippen molar-refractivity contribution in [1.29, 1.82) is 0 Å². The topological polar surface area (TPSA) is 67.2 Å². The van der Waals surface area contributed by atoms with Gasteiger partial charge in [-0.15, -0.1) is 0 Å². The van der Waals surface area contributed by atoms with Crippen LogP contribution in [0.3, 0.4) is 0 Å². The molecular weight excluding hydrogens is 407 g/mol. The number of hydrogen-bond acceptors (Lipinski definition) is 3. The van der Waals surface area contributed by atoms with E-state index in [0.29, 0.717) is 28.1 Å². The molecule has 0 saturated carbocycles. The Kier molecular flexibility index (Phi) is 5.73. The fraction of sp³-hybridized carbons (Fsp3) is 0.160. The molecule has 162 valence electrons. The number of urea groups is 1. The first-order valence-corrected chi connectivity index (χ1v) is 10.2. The van der Waals surface area contributed by atoms with Crippen molar-refractivity contribution in [2.45, 2.75) is 19.9 Å². The van der Waals surface area contributed by atoms with Crippen molar-refractivity contribution >= 4 is 22.6 Å². The molecule has 7 heteroatoms. The van der Waals surface area contributed by atoms with E-state index in [1.54, 1.807) is 42.8 Å². The summed E-state index contributed by atoms with van der Waals surface area (Å²) in [5, 5.41) is 3.18. The third-order valence-electron chi connectivity index (χ3n) is 5.44. The first-order valence-electron chi connectivity index (χ1n) is 10.2. The predicted molar refractivity (Wildman–Crippen MR) is 124 cm³/mol. The number of anilines is 1. The van der Waals surface area contributed by atoms with E-state index in [9.17, 15) is 14.0 Å². The van der Waals surface area contributed by atoms with Crippen molar-refractivity contribution in [3.63, 3.8) is 0 Å². The molecule has 0 saturated heterocycles. The van der Waals surface area contributed by atoms with Gasteiger partial charge in [-0.2, -0.15) is 0 Å². The lowest BCUT2D eigenvalue weighted by molar-refractivity contribution is 0.205. The number of para-hydroxylation sites is 1. The van der Waals surface area contributed by atoms with Gasteiger partial charge < -0.3 is 10.2 Å². The summed E-state index contributed by atoms with van der Waals surface area (Å²) in [4.78, 5) is 32.5. The van der Waals surface area contributed by atoms with Crippen molar-refractivity contribution < 1.29 is 9.18 Å². The number of nitrogens with zero attached hydrogens (tertiary/aromatic N) is 3. The number of amides is 2. The summed E-state index contributed by atoms with van der Waals surface area (Å²) >= 11 is 0. The summed E-state index contributed by atoms with van der Waals surface area (Å²) in [6, 6.07) is 19.4. The molecule has 32 heavy (non-hydrogen) atoms. The van der Waals surface area contributed by atoms with Crippen molar-refractivity contribution in [1.82, 2.24) is 14.5 Å². The molecule has 1 N–H and O–H groups in total. The first-order chi connectivity index (χ1) is 15.3. The van der Waals surface area contributed by atoms with Crippen LogP contribution in [0.4, 0.5) is 14.9 Å². The van der Waals surface area contributed by atoms with Crippen LogP contribution in [0.15, 0.2) is 77.6 Å². The Bertz CT molecular complexity index is 1350. The third kappa shape index (κ3) is 4.09. The zero-order chi connectivity index (χ0) is 22.8. The Balaban J connectivity index is 1.78. The maximum Gasteiger partial charge on any atom is 0.322 e. The molecule has 0 aliphatic carbocycles. The van der Waals surface area contributed by atoms with Crippen LogP contribution < -0.4 is 10.9 Å². The standard InChI is InChI=1S/C25H23FN4O2/c1-16-11-13-20(14-12-16)30-23(28-22-10-5-4-9-21(22)24(30)31)17(2)29(3)25(32)27-19-8-6-7-18(26)15-19/h4-15,17H,1-3H3,(H,27,32). The Hall–Kier alpha value is -4.00. The number of halogens is 1. The summed E-state index contributed by atoms with van der Waals surface area (Å²) in [6.45, 7) is 3.77. The van der Waals surface area contributed by atoms with E-state index in [4.69, 9.17) is 4.98 Å². The normalized spacial score (nSPS) is 11.9. The van der Waals surface area contributed by atoms with Gasteiger partial charge in [0, 0.05) is 12.7 Å². The molecule has 0 fully saturated rings. The van der Waals surface area contributed by atoms with E-state index >= 15 is 0 Å². The summed E-state index contributed by atoms with van der Waals surface area (Å²) in [5.41, 5.74) is 2.43. The minimum atomic E-state index is -0.554. The summed E-state index contributed by atoms with van der Waals surface area (Å²) in [7, 11) is 1.61. The van der Waals surface area contributed by atoms with Gasteiger partial charge >= 0.3 is 6.03 Å². The van der Waals surface area contributed by atoms with Gasteiger partial charge in [-0.05, 0) is 56.3 Å². The van der Waals surface area contributed by atoms with Crippen LogP contribution in [-0.2, 0) is 0 Å². The van der Waals surface area contributed by atoms with E-state index in [1.165, 1.54) is 23.1 Å². The van der Waals surface area contributed by atoms with Crippen molar-refractivity contribution in [3.8, 4) is 5.69 Å². The van der Waals surface area contributed by atoms with Gasteiger partial charge in [0.05, 0.1) is 22.6 Å². The van der Waals surface area contributed by atoms with Crippen LogP contribution in [0.2, 0.25) is 0 Å². The number of carbonyl (C=O) groups is 1. The number of fused-ring (bicyclic) bond motifs is 1. The highest BCUT2D eigenvalue weighted by atomic mass is 19.1. The molecule has 6 nitrogen and oxygen atoms in total. The van der Waals surface area contributed by atoms with Crippen LogP contribution in [0.1, 0.15) is 24.4 Å². The average molecular weight is 430 g/mol. The molecule has 0 aliphatic heterocycles. The number of carbonyl (C=O) groups excluding carboxylic acids is 1. The van der Waals surface area contributed by atoms with Gasteiger partial charge in [0.1, 0.15) is 11.6 Å². The van der Waals surface area contributed by atoms with Crippen molar-refractivity contribution in [2.75, 3.05) is 12.4 Å². The fourth-order valence-electron chi connectivity index (χ4n) is 3.50. The molecule has 1 heterocycles. The van der Waals surface area contributed by atoms with E-state index in [-0.39, 0.29) is 5.56 Å². The molecule has 2 amide bonds. The Morgan fingerprint density at radius 1 is 1.06 bits per heavy atom. The molecular formula is C25H23FN4O2. The van der Waals surface area contributed by atoms with Gasteiger partial charge in [-0.3, -0.25) is 9.36 Å². The number of aromatic nitrogens is 2. The number of rotatable bonds is 4. The Labute approximate surface area is 184 Å². The summed E-state index contributed by atoms with van der Waals surface area (Å²) < 4.78 is 15.0. The molecule has 0 bridgehead atoms. The molecule has 1 atom stereocenters. The summed E-state index contributed by atoms with van der Waals surface area (Å²) in [5.74, 6) is -0.0163. The van der Waals surface area contributed by atoms with E-state index in [0.717, 1.165) is 5.56 Å². The zero-order valence-electron chi connectivity index (χ0n) is 18.0. The zero-order valence-corrected chi connectivity index (χ0v) is 18.0. The highest BCUT2D eigenvalue weighted by molar-refractivity contribution is 5.89. The van der Waals surface area contributed by atoms with Gasteiger partial charge in [-0.25, -0.2) is 14.2 Å². The van der Waals surface area contributed by atoms with Crippen molar-refractivity contribution in [2.24, 2.45) is 0 Å². The van der Waals surface area contributed by atoms with Crippen LogP contribution in [-0.4, -0.2) is 27.5 Å². The molecule has 0 aliphatic rings. The molecule has 4 rings (SSSR count). The Morgan fingerprint density at radius 2 is 1.78 bits per heavy atom. The largest absolute Gasteiger partial charge is 0.322 e. The third-order valence-corrected chi connectivity index (χ3v) is 5.44. The number of benzene rings is 3. The SMILES string of the molecule is Cc1ccc(-n2c(C(C)N(C)C(=O)Nc3cccc(F)c3)nc3ccccc3c2=O)cc1. The second-order valence-electron chi connectivity index (χ2n) is 7.69. The monoisotopic (exact) mass is 430 g/mol. The maximum absolute atomic E-state index is 13.5. The van der Waals surface area contributed by atoms with E-state index < -0.39 is 17.9 Å². The highest BCUT2D eigenvalue weighted by Gasteiger charge is 2.24.